The smallest absolute Gasteiger partial charge is 0.291 e. The van der Waals surface area contributed by atoms with E-state index in [9.17, 15) is 13.2 Å². The van der Waals surface area contributed by atoms with Gasteiger partial charge in [-0.25, -0.2) is 8.42 Å². The van der Waals surface area contributed by atoms with Crippen molar-refractivity contribution in [2.24, 2.45) is 0 Å². The van der Waals surface area contributed by atoms with Crippen molar-refractivity contribution in [2.45, 2.75) is 24.3 Å². The van der Waals surface area contributed by atoms with Gasteiger partial charge in [-0.15, -0.1) is 0 Å². The molecular weight excluding hydrogens is 344 g/mol. The third-order valence-corrected chi connectivity index (χ3v) is 6.14. The second-order valence-electron chi connectivity index (χ2n) is 6.40. The monoisotopic (exact) mass is 364 g/mol. The zero-order valence-corrected chi connectivity index (χ0v) is 14.9. The van der Waals surface area contributed by atoms with Crippen LogP contribution < -0.4 is 5.32 Å². The predicted molar refractivity (Wildman–Crippen MR) is 91.9 cm³/mol. The first kappa shape index (κ1) is 17.7. The van der Waals surface area contributed by atoms with E-state index < -0.39 is 21.5 Å². The van der Waals surface area contributed by atoms with Gasteiger partial charge < -0.3 is 14.5 Å². The predicted octanol–water partition coefficient (Wildman–Crippen LogP) is 2.33. The van der Waals surface area contributed by atoms with E-state index in [1.807, 2.05) is 13.8 Å². The summed E-state index contributed by atoms with van der Waals surface area (Å²) in [7, 11) is -3.64. The number of sulfonamides is 1. The number of amides is 1. The summed E-state index contributed by atoms with van der Waals surface area (Å²) >= 11 is 0. The second kappa shape index (κ2) is 6.62. The number of hydrogen-bond acceptors (Lipinski definition) is 5. The van der Waals surface area contributed by atoms with E-state index in [-0.39, 0.29) is 10.7 Å². The number of anilines is 1. The third kappa shape index (κ3) is 3.60. The van der Waals surface area contributed by atoms with Crippen LogP contribution in [0.4, 0.5) is 5.69 Å². The van der Waals surface area contributed by atoms with Crippen LogP contribution in [-0.4, -0.2) is 43.9 Å². The highest BCUT2D eigenvalue weighted by Crippen LogP contribution is 2.28. The van der Waals surface area contributed by atoms with Crippen molar-refractivity contribution in [3.63, 3.8) is 0 Å². The van der Waals surface area contributed by atoms with Crippen LogP contribution in [0.25, 0.3) is 0 Å². The summed E-state index contributed by atoms with van der Waals surface area (Å²) in [5.41, 5.74) is -0.120. The van der Waals surface area contributed by atoms with E-state index in [0.29, 0.717) is 25.4 Å². The third-order valence-electron chi connectivity index (χ3n) is 4.01. The standard InChI is InChI=1S/C17H20N2O5S/c1-17(2)12-23-11-9-19(17)25(21,22)14-7-5-13(6-8-14)18-16(20)15-4-3-10-24-15/h3-8,10H,9,11-12H2,1-2H3,(H,18,20). The van der Waals surface area contributed by atoms with Gasteiger partial charge in [0.15, 0.2) is 5.76 Å². The Bertz CT molecular complexity index is 842. The Morgan fingerprint density at radius 2 is 1.92 bits per heavy atom. The number of hydrogen-bond donors (Lipinski definition) is 1. The molecule has 1 saturated heterocycles. The fourth-order valence-corrected chi connectivity index (χ4v) is 4.48. The number of carbonyl (C=O) groups is 1. The molecule has 25 heavy (non-hydrogen) atoms. The molecule has 1 aromatic carbocycles. The number of benzene rings is 1. The zero-order chi connectivity index (χ0) is 18.1. The molecule has 7 nitrogen and oxygen atoms in total. The molecule has 1 aliphatic heterocycles. The highest BCUT2D eigenvalue weighted by molar-refractivity contribution is 7.89. The normalized spacial score (nSPS) is 18.0. The molecule has 1 aliphatic rings. The minimum atomic E-state index is -3.64. The van der Waals surface area contributed by atoms with E-state index in [0.717, 1.165) is 0 Å². The molecule has 0 aliphatic carbocycles. The van der Waals surface area contributed by atoms with Gasteiger partial charge in [-0.05, 0) is 50.2 Å². The van der Waals surface area contributed by atoms with Crippen molar-refractivity contribution in [1.29, 1.82) is 0 Å². The summed E-state index contributed by atoms with van der Waals surface area (Å²) in [5.74, 6) is -0.207. The number of nitrogens with zero attached hydrogens (tertiary/aromatic N) is 1. The summed E-state index contributed by atoms with van der Waals surface area (Å²) < 4.78 is 37.6. The van der Waals surface area contributed by atoms with Crippen LogP contribution in [0, 0.1) is 0 Å². The quantitative estimate of drug-likeness (QED) is 0.899. The van der Waals surface area contributed by atoms with Crippen LogP contribution in [0.3, 0.4) is 0 Å². The van der Waals surface area contributed by atoms with Gasteiger partial charge >= 0.3 is 0 Å². The van der Waals surface area contributed by atoms with Crippen molar-refractivity contribution in [2.75, 3.05) is 25.1 Å². The molecule has 0 spiro atoms. The molecule has 0 unspecified atom stereocenters. The first-order valence-electron chi connectivity index (χ1n) is 7.86. The van der Waals surface area contributed by atoms with Gasteiger partial charge in [-0.1, -0.05) is 0 Å². The SMILES string of the molecule is CC1(C)COCCN1S(=O)(=O)c1ccc(NC(=O)c2ccco2)cc1. The summed E-state index contributed by atoms with van der Waals surface area (Å²) in [5, 5.41) is 2.66. The highest BCUT2D eigenvalue weighted by atomic mass is 32.2. The highest BCUT2D eigenvalue weighted by Gasteiger charge is 2.39. The van der Waals surface area contributed by atoms with Crippen LogP contribution in [-0.2, 0) is 14.8 Å². The second-order valence-corrected chi connectivity index (χ2v) is 8.26. The fourth-order valence-electron chi connectivity index (χ4n) is 2.73. The lowest BCUT2D eigenvalue weighted by Crippen LogP contribution is -2.55. The first-order chi connectivity index (χ1) is 11.8. The Kier molecular flexibility index (Phi) is 4.68. The summed E-state index contributed by atoms with van der Waals surface area (Å²) in [4.78, 5) is 12.1. The average Bonchev–Trinajstić information content (AvgIpc) is 3.09. The zero-order valence-electron chi connectivity index (χ0n) is 14.1. The average molecular weight is 364 g/mol. The van der Waals surface area contributed by atoms with Gasteiger partial charge in [0, 0.05) is 12.2 Å². The molecule has 1 amide bonds. The van der Waals surface area contributed by atoms with Crippen molar-refractivity contribution in [3.8, 4) is 0 Å². The van der Waals surface area contributed by atoms with Crippen molar-refractivity contribution in [1.82, 2.24) is 4.31 Å². The van der Waals surface area contributed by atoms with Crippen molar-refractivity contribution < 1.29 is 22.4 Å². The molecule has 0 atom stereocenters. The van der Waals surface area contributed by atoms with Crippen LogP contribution in [0.2, 0.25) is 0 Å². The van der Waals surface area contributed by atoms with E-state index in [1.165, 1.54) is 22.7 Å². The lowest BCUT2D eigenvalue weighted by molar-refractivity contribution is -0.00770. The molecule has 3 rings (SSSR count). The van der Waals surface area contributed by atoms with E-state index in [1.54, 1.807) is 24.3 Å². The molecule has 134 valence electrons. The van der Waals surface area contributed by atoms with Gasteiger partial charge in [0.1, 0.15) is 0 Å². The van der Waals surface area contributed by atoms with Crippen molar-refractivity contribution in [3.05, 3.63) is 48.4 Å². The van der Waals surface area contributed by atoms with E-state index in [2.05, 4.69) is 5.32 Å². The Labute approximate surface area is 146 Å². The number of carbonyl (C=O) groups excluding carboxylic acids is 1. The van der Waals surface area contributed by atoms with E-state index >= 15 is 0 Å². The Morgan fingerprint density at radius 1 is 1.20 bits per heavy atom. The fraction of sp³-hybridized carbons (Fsp3) is 0.353. The maximum absolute atomic E-state index is 12.9. The van der Waals surface area contributed by atoms with Crippen LogP contribution in [0.15, 0.2) is 52.0 Å². The molecule has 1 aromatic heterocycles. The molecule has 0 bridgehead atoms. The van der Waals surface area contributed by atoms with Crippen molar-refractivity contribution >= 4 is 21.6 Å². The molecular formula is C17H20N2O5S. The Morgan fingerprint density at radius 3 is 2.52 bits per heavy atom. The van der Waals surface area contributed by atoms with Gasteiger partial charge in [0.05, 0.1) is 29.9 Å². The van der Waals surface area contributed by atoms with Gasteiger partial charge in [-0.3, -0.25) is 4.79 Å². The number of ether oxygens (including phenoxy) is 1. The van der Waals surface area contributed by atoms with Gasteiger partial charge in [-0.2, -0.15) is 4.31 Å². The topological polar surface area (TPSA) is 88.9 Å². The Balaban J connectivity index is 1.78. The molecule has 1 fully saturated rings. The van der Waals surface area contributed by atoms with Crippen LogP contribution in [0.5, 0.6) is 0 Å². The maximum atomic E-state index is 12.9. The molecule has 0 saturated carbocycles. The maximum Gasteiger partial charge on any atom is 0.291 e. The van der Waals surface area contributed by atoms with E-state index in [4.69, 9.17) is 9.15 Å². The lowest BCUT2D eigenvalue weighted by atomic mass is 10.1. The first-order valence-corrected chi connectivity index (χ1v) is 9.30. The number of furan rings is 1. The molecule has 2 heterocycles. The van der Waals surface area contributed by atoms with Gasteiger partial charge in [0.2, 0.25) is 10.0 Å². The van der Waals surface area contributed by atoms with Gasteiger partial charge in [0.25, 0.3) is 5.91 Å². The summed E-state index contributed by atoms with van der Waals surface area (Å²) in [6.07, 6.45) is 1.41. The molecule has 8 heteroatoms. The number of rotatable bonds is 4. The summed E-state index contributed by atoms with van der Waals surface area (Å²) in [6, 6.07) is 9.25. The Hall–Kier alpha value is -2.16. The molecule has 1 N–H and O–H groups in total. The van der Waals surface area contributed by atoms with Crippen LogP contribution >= 0.6 is 0 Å². The number of nitrogens with one attached hydrogen (secondary N) is 1. The lowest BCUT2D eigenvalue weighted by Gasteiger charge is -2.40. The summed E-state index contributed by atoms with van der Waals surface area (Å²) in [6.45, 7) is 4.71. The number of morpholine rings is 1. The minimum Gasteiger partial charge on any atom is -0.459 e. The molecule has 0 radical (unpaired) electrons. The minimum absolute atomic E-state index is 0.179. The van der Waals surface area contributed by atoms with Crippen LogP contribution in [0.1, 0.15) is 24.4 Å². The largest absolute Gasteiger partial charge is 0.459 e. The molecule has 2 aromatic rings.